The number of nitrogens with zero attached hydrogens (tertiary/aromatic N) is 1. The fraction of sp³-hybridized carbons (Fsp3) is 0. The zero-order valence-corrected chi connectivity index (χ0v) is 9.88. The van der Waals surface area contributed by atoms with Gasteiger partial charge >= 0.3 is 0 Å². The van der Waals surface area contributed by atoms with E-state index in [1.807, 2.05) is 0 Å². The Balaban J connectivity index is 2.23. The number of hydrogen-bond acceptors (Lipinski definition) is 2. The van der Waals surface area contributed by atoms with Crippen molar-refractivity contribution in [3.63, 3.8) is 0 Å². The Bertz CT molecular complexity index is 705. The second-order valence-corrected chi connectivity index (χ2v) is 4.23. The van der Waals surface area contributed by atoms with E-state index >= 15 is 0 Å². The van der Waals surface area contributed by atoms with Gasteiger partial charge in [-0.1, -0.05) is 0 Å². The minimum absolute atomic E-state index is 0.0347. The maximum absolute atomic E-state index is 13.4. The van der Waals surface area contributed by atoms with E-state index < -0.39 is 11.6 Å². The maximum Gasteiger partial charge on any atom is 0.186 e. The zero-order valence-electron chi connectivity index (χ0n) is 8.30. The number of halogens is 3. The highest BCUT2D eigenvalue weighted by atomic mass is 79.9. The minimum atomic E-state index is -0.962. The van der Waals surface area contributed by atoms with Gasteiger partial charge in [0.2, 0.25) is 0 Å². The molecule has 86 valence electrons. The lowest BCUT2D eigenvalue weighted by molar-refractivity contribution is 0.515. The first-order valence-corrected chi connectivity index (χ1v) is 5.54. The van der Waals surface area contributed by atoms with Crippen LogP contribution in [0.25, 0.3) is 22.6 Å². The molecule has 3 nitrogen and oxygen atoms in total. The quantitative estimate of drug-likeness (QED) is 0.741. The summed E-state index contributed by atoms with van der Waals surface area (Å²) >= 11 is 3.16. The lowest BCUT2D eigenvalue weighted by Crippen LogP contribution is -1.84. The molecule has 3 aromatic rings. The number of aromatic nitrogens is 2. The molecule has 0 fully saturated rings. The molecule has 0 aliphatic heterocycles. The highest BCUT2D eigenvalue weighted by Crippen LogP contribution is 2.26. The van der Waals surface area contributed by atoms with Gasteiger partial charge in [-0.3, -0.25) is 0 Å². The molecule has 2 heterocycles. The Labute approximate surface area is 103 Å². The largest absolute Gasteiger partial charge is 0.446 e. The molecule has 0 saturated carbocycles. The number of hydrogen-bond donors (Lipinski definition) is 1. The van der Waals surface area contributed by atoms with E-state index in [0.29, 0.717) is 21.8 Å². The Morgan fingerprint density at radius 2 is 2.00 bits per heavy atom. The van der Waals surface area contributed by atoms with Gasteiger partial charge in [0.15, 0.2) is 27.9 Å². The zero-order chi connectivity index (χ0) is 12.0. The number of rotatable bonds is 1. The fourth-order valence-electron chi connectivity index (χ4n) is 1.58. The Kier molecular flexibility index (Phi) is 2.25. The van der Waals surface area contributed by atoms with Crippen LogP contribution < -0.4 is 0 Å². The van der Waals surface area contributed by atoms with Crippen LogP contribution in [0.4, 0.5) is 8.78 Å². The van der Waals surface area contributed by atoms with Crippen LogP contribution in [0.15, 0.2) is 33.4 Å². The van der Waals surface area contributed by atoms with Gasteiger partial charge in [-0.15, -0.1) is 0 Å². The van der Waals surface area contributed by atoms with Gasteiger partial charge in [0.1, 0.15) is 5.52 Å². The summed E-state index contributed by atoms with van der Waals surface area (Å²) in [5, 5.41) is 0. The van der Waals surface area contributed by atoms with Crippen LogP contribution >= 0.6 is 15.9 Å². The second-order valence-electron chi connectivity index (χ2n) is 3.45. The van der Waals surface area contributed by atoms with Crippen LogP contribution in [0.3, 0.4) is 0 Å². The highest BCUT2D eigenvalue weighted by Gasteiger charge is 2.14. The summed E-state index contributed by atoms with van der Waals surface area (Å²) in [6, 6.07) is 5.86. The molecular formula is C11H5BrF2N2O. The third-order valence-electron chi connectivity index (χ3n) is 2.35. The van der Waals surface area contributed by atoms with E-state index in [-0.39, 0.29) is 5.52 Å². The van der Waals surface area contributed by atoms with E-state index in [0.717, 1.165) is 6.07 Å². The molecular weight excluding hydrogens is 294 g/mol. The molecule has 0 bridgehead atoms. The van der Waals surface area contributed by atoms with Gasteiger partial charge in [0, 0.05) is 0 Å². The highest BCUT2D eigenvalue weighted by molar-refractivity contribution is 9.10. The summed E-state index contributed by atoms with van der Waals surface area (Å²) in [4.78, 5) is 6.83. The molecule has 0 atom stereocenters. The van der Waals surface area contributed by atoms with E-state index in [9.17, 15) is 8.78 Å². The number of benzene rings is 1. The molecule has 0 radical (unpaired) electrons. The molecule has 1 N–H and O–H groups in total. The Morgan fingerprint density at radius 3 is 2.71 bits per heavy atom. The SMILES string of the molecule is Fc1ccc2[nH]c(-c3ccc(Br)o3)nc2c1F. The molecule has 2 aromatic heterocycles. The van der Waals surface area contributed by atoms with Crippen LogP contribution in [0.2, 0.25) is 0 Å². The normalized spacial score (nSPS) is 11.2. The summed E-state index contributed by atoms with van der Waals surface area (Å²) in [7, 11) is 0. The molecule has 0 amide bonds. The summed E-state index contributed by atoms with van der Waals surface area (Å²) < 4.78 is 32.3. The molecule has 0 saturated heterocycles. The number of nitrogens with one attached hydrogen (secondary N) is 1. The first kappa shape index (κ1) is 10.5. The number of furan rings is 1. The van der Waals surface area contributed by atoms with E-state index in [1.165, 1.54) is 6.07 Å². The molecule has 0 spiro atoms. The lowest BCUT2D eigenvalue weighted by Gasteiger charge is -1.91. The van der Waals surface area contributed by atoms with Gasteiger partial charge in [-0.25, -0.2) is 13.8 Å². The lowest BCUT2D eigenvalue weighted by atomic mass is 10.3. The molecule has 0 aliphatic carbocycles. The molecule has 0 unspecified atom stereocenters. The van der Waals surface area contributed by atoms with E-state index in [2.05, 4.69) is 25.9 Å². The van der Waals surface area contributed by atoms with Crippen LogP contribution in [0.5, 0.6) is 0 Å². The number of aromatic amines is 1. The van der Waals surface area contributed by atoms with Gasteiger partial charge in [-0.05, 0) is 40.2 Å². The van der Waals surface area contributed by atoms with Crippen molar-refractivity contribution in [2.24, 2.45) is 0 Å². The standard InChI is InChI=1S/C11H5BrF2N2O/c12-8-4-3-7(17-8)11-15-6-2-1-5(13)9(14)10(6)16-11/h1-4H,(H,15,16). The van der Waals surface area contributed by atoms with Crippen molar-refractivity contribution in [3.8, 4) is 11.6 Å². The van der Waals surface area contributed by atoms with E-state index in [4.69, 9.17) is 4.42 Å². The number of H-pyrrole nitrogens is 1. The monoisotopic (exact) mass is 298 g/mol. The average molecular weight is 299 g/mol. The molecule has 17 heavy (non-hydrogen) atoms. The first-order chi connectivity index (χ1) is 8.15. The van der Waals surface area contributed by atoms with Crippen LogP contribution in [-0.2, 0) is 0 Å². The van der Waals surface area contributed by atoms with Crippen molar-refractivity contribution in [2.75, 3.05) is 0 Å². The van der Waals surface area contributed by atoms with Crippen molar-refractivity contribution in [1.29, 1.82) is 0 Å². The van der Waals surface area contributed by atoms with Crippen LogP contribution in [0.1, 0.15) is 0 Å². The topological polar surface area (TPSA) is 41.8 Å². The number of imidazole rings is 1. The molecule has 6 heteroatoms. The van der Waals surface area contributed by atoms with Crippen molar-refractivity contribution in [1.82, 2.24) is 9.97 Å². The summed E-state index contributed by atoms with van der Waals surface area (Å²) in [6.45, 7) is 0. The van der Waals surface area contributed by atoms with Crippen LogP contribution in [-0.4, -0.2) is 9.97 Å². The van der Waals surface area contributed by atoms with Crippen molar-refractivity contribution in [3.05, 3.63) is 40.6 Å². The molecule has 1 aromatic carbocycles. The summed E-state index contributed by atoms with van der Waals surface area (Å²) in [6.07, 6.45) is 0. The Hall–Kier alpha value is -1.69. The van der Waals surface area contributed by atoms with Crippen LogP contribution in [0, 0.1) is 11.6 Å². The third-order valence-corrected chi connectivity index (χ3v) is 2.78. The van der Waals surface area contributed by atoms with Gasteiger partial charge in [0.05, 0.1) is 5.52 Å². The second kappa shape index (κ2) is 3.66. The third kappa shape index (κ3) is 1.64. The minimum Gasteiger partial charge on any atom is -0.446 e. The van der Waals surface area contributed by atoms with Crippen molar-refractivity contribution >= 4 is 27.0 Å². The maximum atomic E-state index is 13.4. The average Bonchev–Trinajstić information content (AvgIpc) is 2.90. The van der Waals surface area contributed by atoms with Gasteiger partial charge < -0.3 is 9.40 Å². The van der Waals surface area contributed by atoms with E-state index in [1.54, 1.807) is 12.1 Å². The van der Waals surface area contributed by atoms with Crippen molar-refractivity contribution < 1.29 is 13.2 Å². The summed E-state index contributed by atoms with van der Waals surface area (Å²) in [5.74, 6) is -1.07. The van der Waals surface area contributed by atoms with Crippen molar-refractivity contribution in [2.45, 2.75) is 0 Å². The Morgan fingerprint density at radius 1 is 1.18 bits per heavy atom. The van der Waals surface area contributed by atoms with Gasteiger partial charge in [0.25, 0.3) is 0 Å². The smallest absolute Gasteiger partial charge is 0.186 e. The molecule has 0 aliphatic rings. The predicted molar refractivity (Wildman–Crippen MR) is 61.4 cm³/mol. The summed E-state index contributed by atoms with van der Waals surface area (Å²) in [5.41, 5.74) is 0.388. The predicted octanol–water partition coefficient (Wildman–Crippen LogP) is 3.86. The number of fused-ring (bicyclic) bond motifs is 1. The first-order valence-electron chi connectivity index (χ1n) is 4.74. The fourth-order valence-corrected chi connectivity index (χ4v) is 1.88. The van der Waals surface area contributed by atoms with Gasteiger partial charge in [-0.2, -0.15) is 0 Å². The molecule has 3 rings (SSSR count).